The van der Waals surface area contributed by atoms with E-state index in [0.717, 1.165) is 5.56 Å². The predicted octanol–water partition coefficient (Wildman–Crippen LogP) is 3.96. The minimum absolute atomic E-state index is 0.0976. The van der Waals surface area contributed by atoms with Crippen LogP contribution in [0.5, 0.6) is 11.5 Å². The molecule has 0 aliphatic heterocycles. The van der Waals surface area contributed by atoms with E-state index in [1.807, 2.05) is 26.2 Å². The van der Waals surface area contributed by atoms with Crippen LogP contribution in [-0.2, 0) is 0 Å². The van der Waals surface area contributed by atoms with Crippen LogP contribution in [0.3, 0.4) is 0 Å². The lowest BCUT2D eigenvalue weighted by atomic mass is 10.0. The van der Waals surface area contributed by atoms with Gasteiger partial charge in [0.15, 0.2) is 11.6 Å². The van der Waals surface area contributed by atoms with Gasteiger partial charge in [0.05, 0.1) is 6.61 Å². The van der Waals surface area contributed by atoms with Crippen LogP contribution in [0.15, 0.2) is 48.5 Å². The van der Waals surface area contributed by atoms with Gasteiger partial charge >= 0.3 is 6.09 Å². The fraction of sp³-hybridized carbons (Fsp3) is 0.350. The first-order chi connectivity index (χ1) is 12.4. The summed E-state index contributed by atoms with van der Waals surface area (Å²) in [5.74, 6) is 0.393. The monoisotopic (exact) mass is 360 g/mol. The Morgan fingerprint density at radius 2 is 1.69 bits per heavy atom. The number of benzene rings is 2. The number of para-hydroxylation sites is 1. The van der Waals surface area contributed by atoms with Gasteiger partial charge in [-0.25, -0.2) is 9.18 Å². The topological polar surface area (TPSA) is 42.0 Å². The van der Waals surface area contributed by atoms with Crippen LogP contribution in [-0.4, -0.2) is 50.7 Å². The zero-order valence-corrected chi connectivity index (χ0v) is 15.6. The zero-order chi connectivity index (χ0) is 19.1. The van der Waals surface area contributed by atoms with E-state index >= 15 is 0 Å². The SMILES string of the molecule is CN(C)C(=O)Oc1ccc(C(CCOc2ccccc2F)N(C)C)cc1. The van der Waals surface area contributed by atoms with Crippen molar-refractivity contribution in [1.29, 1.82) is 0 Å². The molecule has 1 atom stereocenters. The van der Waals surface area contributed by atoms with Crippen LogP contribution >= 0.6 is 0 Å². The molecule has 0 spiro atoms. The van der Waals surface area contributed by atoms with Crippen molar-refractivity contribution in [2.75, 3.05) is 34.8 Å². The molecule has 5 nitrogen and oxygen atoms in total. The summed E-state index contributed by atoms with van der Waals surface area (Å²) < 4.78 is 24.4. The molecule has 0 fully saturated rings. The molecule has 1 amide bonds. The fourth-order valence-electron chi connectivity index (χ4n) is 2.52. The number of rotatable bonds is 7. The van der Waals surface area contributed by atoms with Crippen LogP contribution in [0.4, 0.5) is 9.18 Å². The standard InChI is InChI=1S/C20H25FN2O3/c1-22(2)18(13-14-25-19-8-6-5-7-17(19)21)15-9-11-16(12-10-15)26-20(24)23(3)4/h5-12,18H,13-14H2,1-4H3. The number of nitrogens with zero attached hydrogens (tertiary/aromatic N) is 2. The van der Waals surface area contributed by atoms with Gasteiger partial charge in [0.1, 0.15) is 5.75 Å². The van der Waals surface area contributed by atoms with E-state index < -0.39 is 6.09 Å². The highest BCUT2D eigenvalue weighted by Crippen LogP contribution is 2.25. The highest BCUT2D eigenvalue weighted by atomic mass is 19.1. The van der Waals surface area contributed by atoms with Crippen molar-refractivity contribution < 1.29 is 18.7 Å². The summed E-state index contributed by atoms with van der Waals surface area (Å²) in [4.78, 5) is 15.0. The lowest BCUT2D eigenvalue weighted by Gasteiger charge is -2.25. The molecule has 2 rings (SSSR count). The smallest absolute Gasteiger partial charge is 0.414 e. The van der Waals surface area contributed by atoms with Gasteiger partial charge in [0.25, 0.3) is 0 Å². The minimum atomic E-state index is -0.416. The van der Waals surface area contributed by atoms with E-state index in [4.69, 9.17) is 9.47 Å². The number of halogens is 1. The summed E-state index contributed by atoms with van der Waals surface area (Å²) in [5.41, 5.74) is 1.07. The molecule has 0 radical (unpaired) electrons. The van der Waals surface area contributed by atoms with E-state index in [2.05, 4.69) is 4.90 Å². The molecule has 26 heavy (non-hydrogen) atoms. The van der Waals surface area contributed by atoms with Gasteiger partial charge in [-0.2, -0.15) is 0 Å². The summed E-state index contributed by atoms with van der Waals surface area (Å²) in [6.07, 6.45) is 0.276. The van der Waals surface area contributed by atoms with Crippen molar-refractivity contribution >= 4 is 6.09 Å². The molecule has 1 unspecified atom stereocenters. The largest absolute Gasteiger partial charge is 0.490 e. The van der Waals surface area contributed by atoms with Crippen molar-refractivity contribution in [2.24, 2.45) is 0 Å². The van der Waals surface area contributed by atoms with Crippen LogP contribution in [0.2, 0.25) is 0 Å². The van der Waals surface area contributed by atoms with E-state index in [0.29, 0.717) is 18.8 Å². The molecule has 140 valence electrons. The van der Waals surface area contributed by atoms with Crippen molar-refractivity contribution in [3.05, 3.63) is 59.9 Å². The Hall–Kier alpha value is -2.60. The molecule has 6 heteroatoms. The minimum Gasteiger partial charge on any atom is -0.490 e. The first-order valence-electron chi connectivity index (χ1n) is 8.41. The second-order valence-electron chi connectivity index (χ2n) is 6.38. The molecule has 2 aromatic rings. The highest BCUT2D eigenvalue weighted by molar-refractivity contribution is 5.69. The first kappa shape index (κ1) is 19.7. The Kier molecular flexibility index (Phi) is 6.97. The Labute approximate surface area is 153 Å². The summed E-state index contributed by atoms with van der Waals surface area (Å²) in [7, 11) is 7.23. The molecular weight excluding hydrogens is 335 g/mol. The van der Waals surface area contributed by atoms with Gasteiger partial charge in [-0.1, -0.05) is 24.3 Å². The quantitative estimate of drug-likeness (QED) is 0.750. The van der Waals surface area contributed by atoms with Crippen LogP contribution < -0.4 is 9.47 Å². The predicted molar refractivity (Wildman–Crippen MR) is 99.1 cm³/mol. The Morgan fingerprint density at radius 3 is 2.27 bits per heavy atom. The van der Waals surface area contributed by atoms with Crippen molar-refractivity contribution in [3.8, 4) is 11.5 Å². The van der Waals surface area contributed by atoms with E-state index in [1.54, 1.807) is 44.4 Å². The Morgan fingerprint density at radius 1 is 1.04 bits per heavy atom. The highest BCUT2D eigenvalue weighted by Gasteiger charge is 2.15. The number of carbonyl (C=O) groups is 1. The third-order valence-electron chi connectivity index (χ3n) is 3.94. The van der Waals surface area contributed by atoms with E-state index in [1.165, 1.54) is 11.0 Å². The van der Waals surface area contributed by atoms with E-state index in [-0.39, 0.29) is 17.6 Å². The number of hydrogen-bond acceptors (Lipinski definition) is 4. The summed E-state index contributed by atoms with van der Waals surface area (Å²) in [6, 6.07) is 13.9. The second-order valence-corrected chi connectivity index (χ2v) is 6.38. The number of carbonyl (C=O) groups excluding carboxylic acids is 1. The van der Waals surface area contributed by atoms with Crippen LogP contribution in [0.1, 0.15) is 18.0 Å². The molecule has 0 aliphatic carbocycles. The van der Waals surface area contributed by atoms with Gasteiger partial charge in [-0.05, 0) is 43.9 Å². The molecular formula is C20H25FN2O3. The Bertz CT molecular complexity index is 717. The maximum atomic E-state index is 13.6. The second kappa shape index (κ2) is 9.20. The average Bonchev–Trinajstić information content (AvgIpc) is 2.60. The lowest BCUT2D eigenvalue weighted by molar-refractivity contribution is 0.172. The molecule has 0 saturated heterocycles. The maximum Gasteiger partial charge on any atom is 0.414 e. The first-order valence-corrected chi connectivity index (χ1v) is 8.41. The molecule has 0 aromatic heterocycles. The normalized spacial score (nSPS) is 11.9. The number of amides is 1. The number of hydrogen-bond donors (Lipinski definition) is 0. The average molecular weight is 360 g/mol. The summed E-state index contributed by atoms with van der Waals surface area (Å²) >= 11 is 0. The van der Waals surface area contributed by atoms with Gasteiger partial charge < -0.3 is 19.3 Å². The molecule has 0 heterocycles. The molecule has 0 saturated carbocycles. The van der Waals surface area contributed by atoms with Crippen LogP contribution in [0.25, 0.3) is 0 Å². The number of ether oxygens (including phenoxy) is 2. The Balaban J connectivity index is 1.98. The summed E-state index contributed by atoms with van der Waals surface area (Å²) in [6.45, 7) is 0.390. The van der Waals surface area contributed by atoms with Gasteiger partial charge in [-0.15, -0.1) is 0 Å². The lowest BCUT2D eigenvalue weighted by Crippen LogP contribution is -2.25. The van der Waals surface area contributed by atoms with Crippen molar-refractivity contribution in [1.82, 2.24) is 9.80 Å². The maximum absolute atomic E-state index is 13.6. The van der Waals surface area contributed by atoms with Crippen LogP contribution in [0, 0.1) is 5.82 Å². The molecule has 0 bridgehead atoms. The molecule has 0 N–H and O–H groups in total. The van der Waals surface area contributed by atoms with Crippen molar-refractivity contribution in [2.45, 2.75) is 12.5 Å². The third-order valence-corrected chi connectivity index (χ3v) is 3.94. The molecule has 2 aromatic carbocycles. The van der Waals surface area contributed by atoms with Crippen molar-refractivity contribution in [3.63, 3.8) is 0 Å². The zero-order valence-electron chi connectivity index (χ0n) is 15.6. The van der Waals surface area contributed by atoms with Gasteiger partial charge in [0, 0.05) is 26.6 Å². The third kappa shape index (κ3) is 5.46. The molecule has 0 aliphatic rings. The van der Waals surface area contributed by atoms with Gasteiger partial charge in [0.2, 0.25) is 0 Å². The van der Waals surface area contributed by atoms with Gasteiger partial charge in [-0.3, -0.25) is 0 Å². The summed E-state index contributed by atoms with van der Waals surface area (Å²) in [5, 5.41) is 0. The fourth-order valence-corrected chi connectivity index (χ4v) is 2.52. The van der Waals surface area contributed by atoms with E-state index in [9.17, 15) is 9.18 Å².